The highest BCUT2D eigenvalue weighted by atomic mass is 16.1. The Morgan fingerprint density at radius 1 is 1.67 bits per heavy atom. The van der Waals surface area contributed by atoms with Crippen LogP contribution in [0.4, 0.5) is 5.82 Å². The Bertz CT molecular complexity index is 292. The second kappa shape index (κ2) is 3.61. The van der Waals surface area contributed by atoms with Gasteiger partial charge in [-0.25, -0.2) is 4.98 Å². The molecule has 1 heterocycles. The molecule has 0 amide bonds. The third-order valence-electron chi connectivity index (χ3n) is 1.36. The Hall–Kier alpha value is -1.71. The van der Waals surface area contributed by atoms with Crippen LogP contribution in [0.3, 0.4) is 0 Å². The van der Waals surface area contributed by atoms with E-state index in [1.807, 2.05) is 0 Å². The number of carbonyl (C=O) groups excluding carboxylic acids is 1. The molecule has 0 saturated heterocycles. The van der Waals surface area contributed by atoms with Gasteiger partial charge in [-0.2, -0.15) is 5.10 Å². The maximum atomic E-state index is 10.8. The molecule has 12 heavy (non-hydrogen) atoms. The first kappa shape index (κ1) is 8.39. The summed E-state index contributed by atoms with van der Waals surface area (Å²) in [7, 11) is 0. The standard InChI is InChI=1S/C8H9N3O/c1-6(12)7-3-4-8(10-5-7)11-9-2/h3-5H,2H2,1H3,(H,10,11). The Balaban J connectivity index is 2.85. The third-order valence-corrected chi connectivity index (χ3v) is 1.36. The molecule has 0 saturated carbocycles. The van der Waals surface area contributed by atoms with Gasteiger partial charge in [-0.1, -0.05) is 0 Å². The molecule has 0 fully saturated rings. The van der Waals surface area contributed by atoms with Crippen LogP contribution in [0.25, 0.3) is 0 Å². The van der Waals surface area contributed by atoms with E-state index in [1.54, 1.807) is 12.1 Å². The molecule has 1 aromatic heterocycles. The average molecular weight is 163 g/mol. The summed E-state index contributed by atoms with van der Waals surface area (Å²) in [6.07, 6.45) is 1.50. The number of pyridine rings is 1. The highest BCUT2D eigenvalue weighted by Crippen LogP contribution is 2.04. The zero-order chi connectivity index (χ0) is 8.97. The van der Waals surface area contributed by atoms with Crippen LogP contribution in [-0.4, -0.2) is 17.5 Å². The Kier molecular flexibility index (Phi) is 2.53. The van der Waals surface area contributed by atoms with E-state index in [1.165, 1.54) is 13.1 Å². The first-order valence-corrected chi connectivity index (χ1v) is 3.43. The van der Waals surface area contributed by atoms with Crippen LogP contribution in [0.5, 0.6) is 0 Å². The van der Waals surface area contributed by atoms with Crippen LogP contribution in [0, 0.1) is 0 Å². The lowest BCUT2D eigenvalue weighted by molar-refractivity contribution is 0.101. The van der Waals surface area contributed by atoms with Gasteiger partial charge in [0.2, 0.25) is 0 Å². The summed E-state index contributed by atoms with van der Waals surface area (Å²) in [6.45, 7) is 4.74. The summed E-state index contributed by atoms with van der Waals surface area (Å²) in [4.78, 5) is 14.7. The van der Waals surface area contributed by atoms with Crippen molar-refractivity contribution in [3.8, 4) is 0 Å². The molecule has 0 spiro atoms. The molecule has 0 bridgehead atoms. The molecule has 4 nitrogen and oxygen atoms in total. The molecule has 0 aliphatic rings. The molecular weight excluding hydrogens is 154 g/mol. The maximum Gasteiger partial charge on any atom is 0.161 e. The van der Waals surface area contributed by atoms with Crippen molar-refractivity contribution in [1.82, 2.24) is 4.98 Å². The van der Waals surface area contributed by atoms with Gasteiger partial charge >= 0.3 is 0 Å². The molecule has 0 radical (unpaired) electrons. The molecule has 0 unspecified atom stereocenters. The maximum absolute atomic E-state index is 10.8. The summed E-state index contributed by atoms with van der Waals surface area (Å²) >= 11 is 0. The predicted octanol–water partition coefficient (Wildman–Crippen LogP) is 1.31. The van der Waals surface area contributed by atoms with E-state index >= 15 is 0 Å². The van der Waals surface area contributed by atoms with E-state index in [2.05, 4.69) is 22.2 Å². The topological polar surface area (TPSA) is 54.4 Å². The molecule has 0 atom stereocenters. The second-order valence-corrected chi connectivity index (χ2v) is 2.26. The van der Waals surface area contributed by atoms with Crippen LogP contribution in [0.1, 0.15) is 17.3 Å². The molecule has 0 aromatic carbocycles. The minimum absolute atomic E-state index is 0.000567. The Labute approximate surface area is 70.3 Å². The summed E-state index contributed by atoms with van der Waals surface area (Å²) < 4.78 is 0. The van der Waals surface area contributed by atoms with E-state index in [0.717, 1.165) is 0 Å². The summed E-state index contributed by atoms with van der Waals surface area (Å²) in [6, 6.07) is 3.36. The van der Waals surface area contributed by atoms with Gasteiger partial charge in [0, 0.05) is 18.5 Å². The van der Waals surface area contributed by atoms with Crippen LogP contribution in [-0.2, 0) is 0 Å². The number of hydrazone groups is 1. The quantitative estimate of drug-likeness (QED) is 0.415. The highest BCUT2D eigenvalue weighted by Gasteiger charge is 1.98. The number of nitrogens with zero attached hydrogens (tertiary/aromatic N) is 2. The van der Waals surface area contributed by atoms with E-state index < -0.39 is 0 Å². The number of hydrogen-bond acceptors (Lipinski definition) is 4. The van der Waals surface area contributed by atoms with Gasteiger partial charge in [0.1, 0.15) is 5.82 Å². The zero-order valence-corrected chi connectivity index (χ0v) is 6.74. The summed E-state index contributed by atoms with van der Waals surface area (Å²) in [5.74, 6) is 0.579. The smallest absolute Gasteiger partial charge is 0.161 e. The summed E-state index contributed by atoms with van der Waals surface area (Å²) in [5.41, 5.74) is 3.15. The van der Waals surface area contributed by atoms with Gasteiger partial charge in [0.15, 0.2) is 5.78 Å². The van der Waals surface area contributed by atoms with Crippen molar-refractivity contribution < 1.29 is 4.79 Å². The van der Waals surface area contributed by atoms with Gasteiger partial charge in [-0.3, -0.25) is 10.2 Å². The molecule has 1 rings (SSSR count). The number of hydrogen-bond donors (Lipinski definition) is 1. The molecule has 4 heteroatoms. The molecule has 0 aliphatic heterocycles. The molecule has 62 valence electrons. The number of anilines is 1. The summed E-state index contributed by atoms with van der Waals surface area (Å²) in [5, 5.41) is 3.43. The normalized spacial score (nSPS) is 9.08. The number of nitrogens with one attached hydrogen (secondary N) is 1. The van der Waals surface area contributed by atoms with E-state index in [0.29, 0.717) is 11.4 Å². The first-order valence-electron chi connectivity index (χ1n) is 3.43. The van der Waals surface area contributed by atoms with Crippen molar-refractivity contribution in [3.05, 3.63) is 23.9 Å². The van der Waals surface area contributed by atoms with Crippen LogP contribution in [0.2, 0.25) is 0 Å². The fraction of sp³-hybridized carbons (Fsp3) is 0.125. The molecule has 0 aliphatic carbocycles. The third kappa shape index (κ3) is 1.88. The van der Waals surface area contributed by atoms with Crippen molar-refractivity contribution in [1.29, 1.82) is 0 Å². The van der Waals surface area contributed by atoms with Crippen molar-refractivity contribution in [2.24, 2.45) is 5.10 Å². The lowest BCUT2D eigenvalue weighted by Gasteiger charge is -1.98. The highest BCUT2D eigenvalue weighted by molar-refractivity contribution is 5.93. The number of rotatable bonds is 3. The van der Waals surface area contributed by atoms with Gasteiger partial charge in [0.05, 0.1) is 0 Å². The molecule has 1 aromatic rings. The Morgan fingerprint density at radius 3 is 2.83 bits per heavy atom. The van der Waals surface area contributed by atoms with Gasteiger partial charge < -0.3 is 0 Å². The number of carbonyl (C=O) groups is 1. The SMILES string of the molecule is C=NNc1ccc(C(C)=O)cn1. The Morgan fingerprint density at radius 2 is 2.42 bits per heavy atom. The monoisotopic (exact) mass is 163 g/mol. The van der Waals surface area contributed by atoms with Crippen LogP contribution >= 0.6 is 0 Å². The van der Waals surface area contributed by atoms with E-state index in [9.17, 15) is 4.79 Å². The van der Waals surface area contributed by atoms with Gasteiger partial charge in [0.25, 0.3) is 0 Å². The van der Waals surface area contributed by atoms with Gasteiger partial charge in [-0.15, -0.1) is 0 Å². The lowest BCUT2D eigenvalue weighted by Crippen LogP contribution is -1.95. The van der Waals surface area contributed by atoms with Gasteiger partial charge in [-0.05, 0) is 19.1 Å². The number of ketones is 1. The molecular formula is C8H9N3O. The van der Waals surface area contributed by atoms with Crippen molar-refractivity contribution in [2.75, 3.05) is 5.43 Å². The van der Waals surface area contributed by atoms with Crippen molar-refractivity contribution >= 4 is 18.3 Å². The lowest BCUT2D eigenvalue weighted by atomic mass is 10.2. The van der Waals surface area contributed by atoms with E-state index in [-0.39, 0.29) is 5.78 Å². The fourth-order valence-electron chi connectivity index (χ4n) is 0.749. The van der Waals surface area contributed by atoms with Crippen LogP contribution in [0.15, 0.2) is 23.4 Å². The number of aromatic nitrogens is 1. The second-order valence-electron chi connectivity index (χ2n) is 2.26. The first-order chi connectivity index (χ1) is 5.74. The van der Waals surface area contributed by atoms with Crippen LogP contribution < -0.4 is 5.43 Å². The van der Waals surface area contributed by atoms with Crippen molar-refractivity contribution in [3.63, 3.8) is 0 Å². The predicted molar refractivity (Wildman–Crippen MR) is 47.4 cm³/mol. The van der Waals surface area contributed by atoms with E-state index in [4.69, 9.17) is 0 Å². The minimum Gasteiger partial charge on any atom is -0.294 e. The average Bonchev–Trinajstić information content (AvgIpc) is 2.06. The minimum atomic E-state index is 0.000567. The largest absolute Gasteiger partial charge is 0.294 e. The number of Topliss-reactive ketones (excluding diaryl/α,β-unsaturated/α-hetero) is 1. The molecule has 1 N–H and O–H groups in total. The fourth-order valence-corrected chi connectivity index (χ4v) is 0.749. The zero-order valence-electron chi connectivity index (χ0n) is 6.74. The van der Waals surface area contributed by atoms with Crippen molar-refractivity contribution in [2.45, 2.75) is 6.92 Å².